The van der Waals surface area contributed by atoms with Gasteiger partial charge in [0, 0.05) is 32.2 Å². The molecule has 0 radical (unpaired) electrons. The number of rotatable bonds is 7. The van der Waals surface area contributed by atoms with Gasteiger partial charge in [-0.25, -0.2) is 9.78 Å². The van der Waals surface area contributed by atoms with Crippen molar-refractivity contribution < 1.29 is 9.21 Å². The minimum absolute atomic E-state index is 0.226. The van der Waals surface area contributed by atoms with Crippen LogP contribution in [0.3, 0.4) is 0 Å². The lowest BCUT2D eigenvalue weighted by molar-refractivity contribution is 0.256. The Balaban J connectivity index is 1.61. The molecule has 1 N–H and O–H groups in total. The predicted molar refractivity (Wildman–Crippen MR) is 166 cm³/mol. The Labute approximate surface area is 242 Å². The molecule has 0 aliphatic carbocycles. The molecule has 0 bridgehead atoms. The fourth-order valence-corrected chi connectivity index (χ4v) is 5.98. The molecule has 0 aliphatic rings. The lowest BCUT2D eigenvalue weighted by Gasteiger charge is -2.24. The molecule has 5 rings (SSSR count). The van der Waals surface area contributed by atoms with Gasteiger partial charge in [-0.15, -0.1) is 23.5 Å². The number of hydrogen-bond donors (Lipinski definition) is 1. The maximum Gasteiger partial charge on any atom is 0.326 e. The fraction of sp³-hybridized carbons (Fsp3) is 0.161. The van der Waals surface area contributed by atoms with E-state index in [1.807, 2.05) is 92.2 Å². The molecule has 5 aromatic rings. The van der Waals surface area contributed by atoms with Crippen LogP contribution in [0.1, 0.15) is 17.0 Å². The van der Waals surface area contributed by atoms with Crippen LogP contribution >= 0.6 is 35.1 Å². The number of furan rings is 1. The van der Waals surface area contributed by atoms with Crippen LogP contribution in [0.25, 0.3) is 22.1 Å². The largest absolute Gasteiger partial charge is 0.458 e. The number of benzene rings is 3. The van der Waals surface area contributed by atoms with E-state index in [1.54, 1.807) is 16.7 Å². The second kappa shape index (κ2) is 11.8. The smallest absolute Gasteiger partial charge is 0.326 e. The summed E-state index contributed by atoms with van der Waals surface area (Å²) in [6, 6.07) is 25.2. The van der Waals surface area contributed by atoms with E-state index in [0.717, 1.165) is 49.0 Å². The van der Waals surface area contributed by atoms with Gasteiger partial charge >= 0.3 is 6.03 Å². The van der Waals surface area contributed by atoms with Crippen molar-refractivity contribution in [2.75, 3.05) is 22.7 Å². The van der Waals surface area contributed by atoms with E-state index in [-0.39, 0.29) is 12.6 Å². The fourth-order valence-electron chi connectivity index (χ4n) is 4.55. The minimum Gasteiger partial charge on any atom is -0.458 e. The topological polar surface area (TPSA) is 58.4 Å². The second-order valence-electron chi connectivity index (χ2n) is 9.11. The molecule has 0 saturated heterocycles. The van der Waals surface area contributed by atoms with Gasteiger partial charge in [0.2, 0.25) is 0 Å². The molecule has 3 aromatic carbocycles. The average Bonchev–Trinajstić information content (AvgIpc) is 3.30. The van der Waals surface area contributed by atoms with Gasteiger partial charge < -0.3 is 9.73 Å². The van der Waals surface area contributed by atoms with Crippen molar-refractivity contribution in [3.63, 3.8) is 0 Å². The van der Waals surface area contributed by atoms with Crippen LogP contribution in [0.15, 0.2) is 93.2 Å². The molecule has 8 heteroatoms. The van der Waals surface area contributed by atoms with Gasteiger partial charge in [-0.05, 0) is 74.4 Å². The highest BCUT2D eigenvalue weighted by molar-refractivity contribution is 7.99. The molecule has 2 aromatic heterocycles. The van der Waals surface area contributed by atoms with E-state index in [0.29, 0.717) is 16.5 Å². The Kier molecular flexibility index (Phi) is 8.21. The van der Waals surface area contributed by atoms with Gasteiger partial charge in [-0.2, -0.15) is 0 Å². The molecule has 39 heavy (non-hydrogen) atoms. The Morgan fingerprint density at radius 2 is 1.72 bits per heavy atom. The monoisotopic (exact) mass is 573 g/mol. The number of carbonyl (C=O) groups excluding carboxylic acids is 1. The number of nitrogens with one attached hydrogen (secondary N) is 1. The van der Waals surface area contributed by atoms with E-state index < -0.39 is 0 Å². The number of aryl methyl sites for hydroxylation is 2. The summed E-state index contributed by atoms with van der Waals surface area (Å²) in [4.78, 5) is 21.3. The molecule has 0 spiro atoms. The first kappa shape index (κ1) is 27.2. The van der Waals surface area contributed by atoms with E-state index in [2.05, 4.69) is 23.3 Å². The zero-order chi connectivity index (χ0) is 27.5. The van der Waals surface area contributed by atoms with Crippen LogP contribution in [-0.2, 0) is 6.54 Å². The predicted octanol–water partition coefficient (Wildman–Crippen LogP) is 9.45. The summed E-state index contributed by atoms with van der Waals surface area (Å²) in [6.07, 6.45) is 3.96. The van der Waals surface area contributed by atoms with Crippen molar-refractivity contribution in [1.29, 1.82) is 0 Å². The third kappa shape index (κ3) is 5.81. The lowest BCUT2D eigenvalue weighted by Crippen LogP contribution is -2.35. The SMILES string of the molecule is CSc1cc(C)nc(SC)c1NC(=O)N(Cc1oc2ccc(C)cc2c1-c1ccc(Cl)cc1)c1ccccc1. The number of aromatic nitrogens is 1. The second-order valence-corrected chi connectivity index (χ2v) is 11.2. The molecule has 0 aliphatic heterocycles. The average molecular weight is 574 g/mol. The van der Waals surface area contributed by atoms with Gasteiger partial charge in [-0.1, -0.05) is 53.6 Å². The zero-order valence-corrected chi connectivity index (χ0v) is 24.5. The van der Waals surface area contributed by atoms with Crippen LogP contribution < -0.4 is 10.2 Å². The van der Waals surface area contributed by atoms with Crippen molar-refractivity contribution in [1.82, 2.24) is 4.98 Å². The van der Waals surface area contributed by atoms with E-state index in [4.69, 9.17) is 16.0 Å². The normalized spacial score (nSPS) is 11.1. The van der Waals surface area contributed by atoms with Crippen LogP contribution in [-0.4, -0.2) is 23.5 Å². The summed E-state index contributed by atoms with van der Waals surface area (Å²) >= 11 is 9.30. The molecular weight excluding hydrogens is 546 g/mol. The molecule has 2 amide bonds. The summed E-state index contributed by atoms with van der Waals surface area (Å²) in [5, 5.41) is 5.60. The molecule has 2 heterocycles. The number of halogens is 1. The number of carbonyl (C=O) groups is 1. The number of hydrogen-bond acceptors (Lipinski definition) is 5. The number of para-hydroxylation sites is 1. The van der Waals surface area contributed by atoms with Gasteiger partial charge in [-0.3, -0.25) is 4.90 Å². The molecule has 0 unspecified atom stereocenters. The first-order valence-electron chi connectivity index (χ1n) is 12.4. The van der Waals surface area contributed by atoms with E-state index in [9.17, 15) is 4.79 Å². The molecule has 0 fully saturated rings. The van der Waals surface area contributed by atoms with Crippen molar-refractivity contribution in [2.45, 2.75) is 30.3 Å². The maximum absolute atomic E-state index is 14.0. The van der Waals surface area contributed by atoms with Gasteiger partial charge in [0.25, 0.3) is 0 Å². The summed E-state index contributed by atoms with van der Waals surface area (Å²) in [5.41, 5.74) is 6.20. The van der Waals surface area contributed by atoms with Gasteiger partial charge in [0.1, 0.15) is 16.4 Å². The Hall–Kier alpha value is -3.39. The van der Waals surface area contributed by atoms with Gasteiger partial charge in [0.15, 0.2) is 0 Å². The van der Waals surface area contributed by atoms with Crippen molar-refractivity contribution in [2.24, 2.45) is 0 Å². The minimum atomic E-state index is -0.267. The highest BCUT2D eigenvalue weighted by atomic mass is 35.5. The standard InChI is InChI=1S/C31H28ClN3O2S2/c1-19-10-15-25-24(16-19)28(21-11-13-22(32)14-12-21)26(37-25)18-35(23-8-6-5-7-9-23)31(36)34-29-27(38-3)17-20(2)33-30(29)39-4/h5-17H,18H2,1-4H3,(H,34,36). The number of anilines is 2. The summed E-state index contributed by atoms with van der Waals surface area (Å²) < 4.78 is 6.42. The first-order chi connectivity index (χ1) is 18.9. The number of amides is 2. The molecule has 198 valence electrons. The Bertz CT molecular complexity index is 1610. The number of thioether (sulfide) groups is 2. The number of pyridine rings is 1. The molecule has 0 saturated carbocycles. The number of urea groups is 1. The quantitative estimate of drug-likeness (QED) is 0.196. The van der Waals surface area contributed by atoms with Crippen molar-refractivity contribution in [3.05, 3.63) is 101 Å². The highest BCUT2D eigenvalue weighted by Gasteiger charge is 2.25. The maximum atomic E-state index is 14.0. The molecule has 5 nitrogen and oxygen atoms in total. The summed E-state index contributed by atoms with van der Waals surface area (Å²) in [6.45, 7) is 4.25. The third-order valence-corrected chi connectivity index (χ3v) is 8.08. The van der Waals surface area contributed by atoms with Crippen LogP contribution in [0.4, 0.5) is 16.2 Å². The molecular formula is C31H28ClN3O2S2. The Morgan fingerprint density at radius 1 is 0.974 bits per heavy atom. The van der Waals surface area contributed by atoms with E-state index >= 15 is 0 Å². The number of nitrogens with zero attached hydrogens (tertiary/aromatic N) is 2. The van der Waals surface area contributed by atoms with Gasteiger partial charge in [0.05, 0.1) is 12.2 Å². The summed E-state index contributed by atoms with van der Waals surface area (Å²) in [7, 11) is 0. The molecule has 0 atom stereocenters. The van der Waals surface area contributed by atoms with Crippen molar-refractivity contribution >= 4 is 63.5 Å². The zero-order valence-electron chi connectivity index (χ0n) is 22.1. The third-order valence-electron chi connectivity index (χ3n) is 6.39. The van der Waals surface area contributed by atoms with Crippen LogP contribution in [0, 0.1) is 13.8 Å². The Morgan fingerprint density at radius 3 is 2.41 bits per heavy atom. The van der Waals surface area contributed by atoms with E-state index in [1.165, 1.54) is 11.8 Å². The summed E-state index contributed by atoms with van der Waals surface area (Å²) in [5.74, 6) is 0.689. The lowest BCUT2D eigenvalue weighted by atomic mass is 10.0. The van der Waals surface area contributed by atoms with Crippen LogP contribution in [0.2, 0.25) is 5.02 Å². The van der Waals surface area contributed by atoms with Crippen molar-refractivity contribution in [3.8, 4) is 11.1 Å². The number of fused-ring (bicyclic) bond motifs is 1. The first-order valence-corrected chi connectivity index (χ1v) is 15.2. The highest BCUT2D eigenvalue weighted by Crippen LogP contribution is 2.38. The van der Waals surface area contributed by atoms with Crippen LogP contribution in [0.5, 0.6) is 0 Å².